The molecule has 0 saturated heterocycles. The lowest BCUT2D eigenvalue weighted by Gasteiger charge is -2.18. The van der Waals surface area contributed by atoms with E-state index in [1.165, 1.54) is 20.7 Å². The first-order valence-corrected chi connectivity index (χ1v) is 12.9. The number of hydrogen-bond donors (Lipinski definition) is 1. The van der Waals surface area contributed by atoms with Crippen molar-refractivity contribution in [3.63, 3.8) is 0 Å². The topological polar surface area (TPSA) is 103 Å². The molecule has 1 aromatic heterocycles. The van der Waals surface area contributed by atoms with Gasteiger partial charge in [-0.15, -0.1) is 10.2 Å². The summed E-state index contributed by atoms with van der Waals surface area (Å²) in [5, 5.41) is 8.91. The molecule has 32 heavy (non-hydrogen) atoms. The molecule has 172 valence electrons. The molecule has 3 aromatic rings. The fourth-order valence-corrected chi connectivity index (χ4v) is 5.47. The number of benzene rings is 2. The van der Waals surface area contributed by atoms with E-state index in [9.17, 15) is 8.42 Å². The van der Waals surface area contributed by atoms with Gasteiger partial charge in [0.1, 0.15) is 5.75 Å². The molecule has 0 aliphatic carbocycles. The summed E-state index contributed by atoms with van der Waals surface area (Å²) in [4.78, 5) is 0.212. The maximum atomic E-state index is 12.8. The number of thioether (sulfide) groups is 1. The van der Waals surface area contributed by atoms with Crippen LogP contribution in [0.25, 0.3) is 11.4 Å². The molecular formula is C22H29N5O3S2. The molecular weight excluding hydrogens is 446 g/mol. The van der Waals surface area contributed by atoms with Gasteiger partial charge in [0.05, 0.1) is 11.5 Å². The molecule has 0 amide bonds. The summed E-state index contributed by atoms with van der Waals surface area (Å²) in [6, 6.07) is 14.6. The Bertz CT molecular complexity index is 1140. The molecule has 1 heterocycles. The number of hydrogen-bond acceptors (Lipinski definition) is 7. The monoisotopic (exact) mass is 475 g/mol. The first-order valence-electron chi connectivity index (χ1n) is 10.5. The first-order chi connectivity index (χ1) is 15.4. The van der Waals surface area contributed by atoms with Gasteiger partial charge >= 0.3 is 0 Å². The third-order valence-corrected chi connectivity index (χ3v) is 7.95. The lowest BCUT2D eigenvalue weighted by molar-refractivity contribution is 0.318. The second-order valence-corrected chi connectivity index (χ2v) is 10.2. The van der Waals surface area contributed by atoms with Crippen molar-refractivity contribution in [1.29, 1.82) is 0 Å². The molecule has 0 radical (unpaired) electrons. The largest absolute Gasteiger partial charge is 0.494 e. The van der Waals surface area contributed by atoms with Gasteiger partial charge in [-0.2, -0.15) is 4.31 Å². The van der Waals surface area contributed by atoms with Crippen LogP contribution >= 0.6 is 11.8 Å². The summed E-state index contributed by atoms with van der Waals surface area (Å²) in [6.07, 6.45) is 0.818. The fraction of sp³-hybridized carbons (Fsp3) is 0.364. The van der Waals surface area contributed by atoms with E-state index in [0.717, 1.165) is 23.5 Å². The molecule has 0 aliphatic rings. The Hall–Kier alpha value is -2.56. The van der Waals surface area contributed by atoms with Crippen LogP contribution in [0.4, 0.5) is 0 Å². The van der Waals surface area contributed by atoms with Gasteiger partial charge in [0.2, 0.25) is 15.2 Å². The SMILES string of the molecule is CCN(CC)S(=O)(=O)c1cccc(-c2nnc(SCCCOc3cccc(C)c3)n2N)c1. The highest BCUT2D eigenvalue weighted by Crippen LogP contribution is 2.25. The summed E-state index contributed by atoms with van der Waals surface area (Å²) in [5.74, 6) is 8.25. The van der Waals surface area contributed by atoms with Crippen LogP contribution in [0.15, 0.2) is 58.6 Å². The minimum Gasteiger partial charge on any atom is -0.494 e. The van der Waals surface area contributed by atoms with Gasteiger partial charge < -0.3 is 10.6 Å². The average Bonchev–Trinajstić information content (AvgIpc) is 3.14. The van der Waals surface area contributed by atoms with Crippen molar-refractivity contribution in [3.8, 4) is 17.1 Å². The van der Waals surface area contributed by atoms with Gasteiger partial charge in [0.15, 0.2) is 5.82 Å². The highest BCUT2D eigenvalue weighted by atomic mass is 32.2. The van der Waals surface area contributed by atoms with Gasteiger partial charge in [-0.3, -0.25) is 0 Å². The first kappa shape index (κ1) is 24.1. The number of rotatable bonds is 11. The van der Waals surface area contributed by atoms with Crippen LogP contribution in [0.3, 0.4) is 0 Å². The van der Waals surface area contributed by atoms with Crippen LogP contribution in [-0.2, 0) is 10.0 Å². The summed E-state index contributed by atoms with van der Waals surface area (Å²) in [5.41, 5.74) is 1.76. The number of sulfonamides is 1. The molecule has 8 nitrogen and oxygen atoms in total. The van der Waals surface area contributed by atoms with E-state index < -0.39 is 10.0 Å². The van der Waals surface area contributed by atoms with Crippen molar-refractivity contribution in [1.82, 2.24) is 19.2 Å². The minimum absolute atomic E-state index is 0.212. The van der Waals surface area contributed by atoms with Crippen molar-refractivity contribution in [2.24, 2.45) is 0 Å². The molecule has 0 fully saturated rings. The number of ether oxygens (including phenoxy) is 1. The zero-order valence-corrected chi connectivity index (χ0v) is 20.2. The van der Waals surface area contributed by atoms with E-state index >= 15 is 0 Å². The lowest BCUT2D eigenvalue weighted by atomic mass is 10.2. The molecule has 0 aliphatic heterocycles. The van der Waals surface area contributed by atoms with Crippen molar-refractivity contribution in [3.05, 3.63) is 54.1 Å². The number of nitrogens with zero attached hydrogens (tertiary/aromatic N) is 4. The highest BCUT2D eigenvalue weighted by Gasteiger charge is 2.23. The number of nitrogen functional groups attached to an aromatic ring is 1. The molecule has 0 saturated carbocycles. The zero-order valence-electron chi connectivity index (χ0n) is 18.6. The van der Waals surface area contributed by atoms with E-state index in [2.05, 4.69) is 10.2 Å². The molecule has 0 spiro atoms. The Kier molecular flexibility index (Phi) is 8.16. The van der Waals surface area contributed by atoms with E-state index in [0.29, 0.717) is 36.2 Å². The Balaban J connectivity index is 1.63. The summed E-state index contributed by atoms with van der Waals surface area (Å²) in [7, 11) is -3.57. The Labute approximate surface area is 193 Å². The van der Waals surface area contributed by atoms with Crippen molar-refractivity contribution >= 4 is 21.8 Å². The van der Waals surface area contributed by atoms with E-state index in [1.807, 2.05) is 45.0 Å². The van der Waals surface area contributed by atoms with Gasteiger partial charge in [0.25, 0.3) is 0 Å². The third-order valence-electron chi connectivity index (χ3n) is 4.88. The molecule has 3 rings (SSSR count). The maximum absolute atomic E-state index is 12.8. The van der Waals surface area contributed by atoms with Crippen LogP contribution in [0.2, 0.25) is 0 Å². The van der Waals surface area contributed by atoms with Crippen LogP contribution < -0.4 is 10.6 Å². The number of aromatic nitrogens is 3. The van der Waals surface area contributed by atoms with Gasteiger partial charge in [-0.05, 0) is 43.2 Å². The molecule has 10 heteroatoms. The van der Waals surface area contributed by atoms with Crippen LogP contribution in [0.5, 0.6) is 5.75 Å². The van der Waals surface area contributed by atoms with Crippen molar-refractivity contribution in [2.45, 2.75) is 37.2 Å². The standard InChI is InChI=1S/C22H29N5O3S2/c1-4-26(5-2)32(28,29)20-12-7-10-18(16-20)21-24-25-22(27(21)23)31-14-8-13-30-19-11-6-9-17(3)15-19/h6-7,9-12,15-16H,4-5,8,13-14,23H2,1-3H3. The summed E-state index contributed by atoms with van der Waals surface area (Å²) < 4.78 is 34.2. The van der Waals surface area contributed by atoms with Crippen LogP contribution in [0.1, 0.15) is 25.8 Å². The van der Waals surface area contributed by atoms with E-state index in [1.54, 1.807) is 24.3 Å². The molecule has 2 aromatic carbocycles. The number of nitrogens with two attached hydrogens (primary N) is 1. The van der Waals surface area contributed by atoms with Gasteiger partial charge in [-0.25, -0.2) is 13.1 Å². The van der Waals surface area contributed by atoms with E-state index in [-0.39, 0.29) is 4.90 Å². The summed E-state index contributed by atoms with van der Waals surface area (Å²) >= 11 is 1.48. The van der Waals surface area contributed by atoms with Gasteiger partial charge in [-0.1, -0.05) is 49.9 Å². The normalized spacial score (nSPS) is 11.8. The Morgan fingerprint density at radius 2 is 1.84 bits per heavy atom. The summed E-state index contributed by atoms with van der Waals surface area (Å²) in [6.45, 7) is 7.07. The molecule has 0 atom stereocenters. The second kappa shape index (κ2) is 10.8. The quantitative estimate of drug-likeness (QED) is 0.257. The Morgan fingerprint density at radius 3 is 2.56 bits per heavy atom. The average molecular weight is 476 g/mol. The minimum atomic E-state index is -3.57. The van der Waals surface area contributed by atoms with Crippen LogP contribution in [0, 0.1) is 6.92 Å². The Morgan fingerprint density at radius 1 is 1.09 bits per heavy atom. The predicted molar refractivity (Wildman–Crippen MR) is 128 cm³/mol. The van der Waals surface area contributed by atoms with Crippen molar-refractivity contribution < 1.29 is 13.2 Å². The highest BCUT2D eigenvalue weighted by molar-refractivity contribution is 7.99. The molecule has 0 bridgehead atoms. The maximum Gasteiger partial charge on any atom is 0.243 e. The molecule has 2 N–H and O–H groups in total. The lowest BCUT2D eigenvalue weighted by Crippen LogP contribution is -2.30. The van der Waals surface area contributed by atoms with E-state index in [4.69, 9.17) is 10.6 Å². The zero-order chi connectivity index (χ0) is 23.1. The van der Waals surface area contributed by atoms with Crippen molar-refractivity contribution in [2.75, 3.05) is 31.3 Å². The fourth-order valence-electron chi connectivity index (χ4n) is 3.20. The predicted octanol–water partition coefficient (Wildman–Crippen LogP) is 3.56. The second-order valence-electron chi connectivity index (χ2n) is 7.16. The molecule has 0 unspecified atom stereocenters. The van der Waals surface area contributed by atoms with Gasteiger partial charge in [0, 0.05) is 24.4 Å². The number of aryl methyl sites for hydroxylation is 1. The van der Waals surface area contributed by atoms with Crippen LogP contribution in [-0.4, -0.2) is 53.0 Å². The third kappa shape index (κ3) is 5.62. The smallest absolute Gasteiger partial charge is 0.243 e.